The molecular weight excluding hydrogens is 348 g/mol. The summed E-state index contributed by atoms with van der Waals surface area (Å²) >= 11 is 0. The van der Waals surface area contributed by atoms with Gasteiger partial charge in [-0.25, -0.2) is 4.79 Å². The number of carbonyl (C=O) groups is 2. The molecule has 2 aromatic rings. The second-order valence-electron chi connectivity index (χ2n) is 6.61. The van der Waals surface area contributed by atoms with Gasteiger partial charge in [-0.2, -0.15) is 5.06 Å². The monoisotopic (exact) mass is 368 g/mol. The predicted molar refractivity (Wildman–Crippen MR) is 95.9 cm³/mol. The van der Waals surface area contributed by atoms with Crippen molar-refractivity contribution in [2.24, 2.45) is 0 Å². The van der Waals surface area contributed by atoms with E-state index in [1.54, 1.807) is 11.0 Å². The fourth-order valence-corrected chi connectivity index (χ4v) is 3.49. The van der Waals surface area contributed by atoms with Gasteiger partial charge in [-0.3, -0.25) is 15.0 Å². The molecule has 2 atom stereocenters. The molecule has 0 unspecified atom stereocenters. The smallest absolute Gasteiger partial charge is 0.344 e. The van der Waals surface area contributed by atoms with E-state index in [0.29, 0.717) is 26.0 Å². The van der Waals surface area contributed by atoms with Crippen molar-refractivity contribution >= 4 is 17.8 Å². The summed E-state index contributed by atoms with van der Waals surface area (Å²) in [7, 11) is 0. The van der Waals surface area contributed by atoms with Gasteiger partial charge in [0.05, 0.1) is 18.3 Å². The van der Waals surface area contributed by atoms with Crippen molar-refractivity contribution in [1.29, 1.82) is 5.41 Å². The third-order valence-electron chi connectivity index (χ3n) is 4.86. The molecule has 2 saturated heterocycles. The molecule has 0 spiro atoms. The maximum absolute atomic E-state index is 12.7. The molecule has 2 N–H and O–H groups in total. The van der Waals surface area contributed by atoms with Crippen LogP contribution in [0.2, 0.25) is 0 Å². The fourth-order valence-electron chi connectivity index (χ4n) is 3.49. The molecule has 2 aliphatic rings. The van der Waals surface area contributed by atoms with Crippen molar-refractivity contribution < 1.29 is 18.8 Å². The molecule has 0 saturated carbocycles. The molecule has 4 rings (SSSR count). The Balaban J connectivity index is 1.38. The van der Waals surface area contributed by atoms with E-state index in [1.165, 1.54) is 17.4 Å². The second kappa shape index (κ2) is 7.24. The first kappa shape index (κ1) is 17.3. The van der Waals surface area contributed by atoms with Crippen LogP contribution in [0.3, 0.4) is 0 Å². The molecule has 8 nitrogen and oxygen atoms in total. The number of benzene rings is 1. The van der Waals surface area contributed by atoms with Crippen LogP contribution >= 0.6 is 0 Å². The maximum atomic E-state index is 12.7. The van der Waals surface area contributed by atoms with E-state index in [1.807, 2.05) is 30.3 Å². The van der Waals surface area contributed by atoms with Crippen LogP contribution in [0.15, 0.2) is 53.1 Å². The number of piperidine rings is 1. The van der Waals surface area contributed by atoms with Crippen molar-refractivity contribution in [2.75, 3.05) is 6.54 Å². The number of nitrogens with zero attached hydrogens (tertiary/aromatic N) is 2. The number of urea groups is 1. The summed E-state index contributed by atoms with van der Waals surface area (Å²) in [5.74, 6) is -0.363. The average Bonchev–Trinajstić information content (AvgIpc) is 3.30. The van der Waals surface area contributed by atoms with Crippen molar-refractivity contribution in [3.63, 3.8) is 0 Å². The van der Waals surface area contributed by atoms with Crippen molar-refractivity contribution in [1.82, 2.24) is 15.3 Å². The zero-order chi connectivity index (χ0) is 18.8. The Labute approximate surface area is 156 Å². The quantitative estimate of drug-likeness (QED) is 0.625. The largest absolute Gasteiger partial charge is 0.459 e. The lowest BCUT2D eigenvalue weighted by Crippen LogP contribution is -2.50. The normalized spacial score (nSPS) is 21.4. The van der Waals surface area contributed by atoms with E-state index < -0.39 is 11.9 Å². The third-order valence-corrected chi connectivity index (χ3v) is 4.86. The number of rotatable bonds is 5. The van der Waals surface area contributed by atoms with Crippen molar-refractivity contribution in [3.8, 4) is 0 Å². The summed E-state index contributed by atoms with van der Waals surface area (Å²) in [6, 6.07) is 12.0. The lowest BCUT2D eigenvalue weighted by atomic mass is 10.00. The number of amidine groups is 1. The number of amides is 3. The standard InChI is InChI=1S/C19H20N4O4/c20-17(21-18(24)16-7-4-10-26-16)15-9-8-14-11-22(15)19(25)23(14)27-12-13-5-2-1-3-6-13/h1-7,10,14-15H,8-9,11-12H2,(H2,20,21,24)/t14-,15+/m1/s1. The molecule has 8 heteroatoms. The summed E-state index contributed by atoms with van der Waals surface area (Å²) in [4.78, 5) is 32.2. The number of nitrogens with one attached hydrogen (secondary N) is 2. The molecule has 0 radical (unpaired) electrons. The number of hydrogen-bond acceptors (Lipinski definition) is 5. The lowest BCUT2D eigenvalue weighted by molar-refractivity contribution is -0.140. The summed E-state index contributed by atoms with van der Waals surface area (Å²) in [6.07, 6.45) is 2.70. The molecule has 0 aliphatic carbocycles. The van der Waals surface area contributed by atoms with E-state index in [4.69, 9.17) is 14.7 Å². The first-order chi connectivity index (χ1) is 13.1. The highest BCUT2D eigenvalue weighted by Crippen LogP contribution is 2.30. The van der Waals surface area contributed by atoms with Gasteiger partial charge in [-0.05, 0) is 30.5 Å². The lowest BCUT2D eigenvalue weighted by Gasteiger charge is -2.30. The Bertz CT molecular complexity index is 837. The van der Waals surface area contributed by atoms with E-state index in [2.05, 4.69) is 5.32 Å². The molecule has 1 aromatic heterocycles. The van der Waals surface area contributed by atoms with Gasteiger partial charge in [0.2, 0.25) is 0 Å². The number of carbonyl (C=O) groups excluding carboxylic acids is 2. The number of hydroxylamine groups is 2. The van der Waals surface area contributed by atoms with Crippen LogP contribution in [0.5, 0.6) is 0 Å². The summed E-state index contributed by atoms with van der Waals surface area (Å²) < 4.78 is 5.04. The predicted octanol–water partition coefficient (Wildman–Crippen LogP) is 2.39. The average molecular weight is 368 g/mol. The second-order valence-corrected chi connectivity index (χ2v) is 6.61. The van der Waals surface area contributed by atoms with Gasteiger partial charge < -0.3 is 14.6 Å². The minimum atomic E-state index is -0.490. The SMILES string of the molecule is N=C(NC(=O)c1ccco1)[C@@H]1CC[C@@H]2CN1C(=O)N2OCc1ccccc1. The minimum Gasteiger partial charge on any atom is -0.459 e. The Morgan fingerprint density at radius 3 is 2.78 bits per heavy atom. The number of fused-ring (bicyclic) bond motifs is 2. The summed E-state index contributed by atoms with van der Waals surface area (Å²) in [5.41, 5.74) is 0.983. The molecule has 1 aromatic carbocycles. The van der Waals surface area contributed by atoms with Crippen LogP contribution in [-0.2, 0) is 11.4 Å². The summed E-state index contributed by atoms with van der Waals surface area (Å²) in [6.45, 7) is 0.797. The van der Waals surface area contributed by atoms with E-state index in [-0.39, 0.29) is 23.7 Å². The Hall–Kier alpha value is -3.13. The van der Waals surface area contributed by atoms with Crippen LogP contribution < -0.4 is 5.32 Å². The highest BCUT2D eigenvalue weighted by Gasteiger charge is 2.47. The molecule has 2 fully saturated rings. The van der Waals surface area contributed by atoms with Crippen LogP contribution in [-0.4, -0.2) is 46.4 Å². The van der Waals surface area contributed by atoms with Crippen molar-refractivity contribution in [2.45, 2.75) is 31.5 Å². The third kappa shape index (κ3) is 3.43. The summed E-state index contributed by atoms with van der Waals surface area (Å²) in [5, 5.41) is 12.2. The first-order valence-electron chi connectivity index (χ1n) is 8.83. The fraction of sp³-hybridized carbons (Fsp3) is 0.316. The van der Waals surface area contributed by atoms with E-state index in [9.17, 15) is 9.59 Å². The maximum Gasteiger partial charge on any atom is 0.344 e. The van der Waals surface area contributed by atoms with Crippen LogP contribution in [0, 0.1) is 5.41 Å². The van der Waals surface area contributed by atoms with Gasteiger partial charge >= 0.3 is 6.03 Å². The van der Waals surface area contributed by atoms with Crippen molar-refractivity contribution in [3.05, 3.63) is 60.1 Å². The Morgan fingerprint density at radius 2 is 2.04 bits per heavy atom. The van der Waals surface area contributed by atoms with Gasteiger partial charge in [0.15, 0.2) is 5.76 Å². The zero-order valence-electron chi connectivity index (χ0n) is 14.6. The van der Waals surface area contributed by atoms with Gasteiger partial charge in [-0.1, -0.05) is 30.3 Å². The van der Waals surface area contributed by atoms with E-state index in [0.717, 1.165) is 5.56 Å². The number of furan rings is 1. The molecule has 27 heavy (non-hydrogen) atoms. The zero-order valence-corrected chi connectivity index (χ0v) is 14.6. The van der Waals surface area contributed by atoms with Crippen LogP contribution in [0.25, 0.3) is 0 Å². The Morgan fingerprint density at radius 1 is 1.22 bits per heavy atom. The molecule has 3 heterocycles. The van der Waals surface area contributed by atoms with Gasteiger partial charge in [-0.15, -0.1) is 0 Å². The van der Waals surface area contributed by atoms with Gasteiger partial charge in [0, 0.05) is 6.54 Å². The van der Waals surface area contributed by atoms with Gasteiger partial charge in [0.1, 0.15) is 12.4 Å². The van der Waals surface area contributed by atoms with Crippen LogP contribution in [0.4, 0.5) is 4.79 Å². The molecule has 2 aliphatic heterocycles. The molecule has 140 valence electrons. The molecular formula is C19H20N4O4. The van der Waals surface area contributed by atoms with E-state index >= 15 is 0 Å². The molecule has 2 bridgehead atoms. The highest BCUT2D eigenvalue weighted by molar-refractivity contribution is 6.06. The van der Waals surface area contributed by atoms with Crippen LogP contribution in [0.1, 0.15) is 29.0 Å². The highest BCUT2D eigenvalue weighted by atomic mass is 16.7. The number of hydrogen-bond donors (Lipinski definition) is 2. The van der Waals surface area contributed by atoms with Gasteiger partial charge in [0.25, 0.3) is 5.91 Å². The molecule has 3 amide bonds. The minimum absolute atomic E-state index is 0.00638. The topological polar surface area (TPSA) is 98.9 Å². The Kier molecular flexibility index (Phi) is 4.64. The first-order valence-corrected chi connectivity index (χ1v) is 8.83.